The van der Waals surface area contributed by atoms with Gasteiger partial charge in [-0.05, 0) is 57.7 Å². The monoisotopic (exact) mass is 213 g/mol. The molecule has 1 N–H and O–H groups in total. The molecule has 0 aromatic heterocycles. The van der Waals surface area contributed by atoms with Crippen LogP contribution in [0.4, 0.5) is 0 Å². The predicted octanol–water partition coefficient (Wildman–Crippen LogP) is 2.36. The number of carboxylic acid groups (broad SMARTS) is 1. The number of aliphatic carboxylic acids is 1. The topological polar surface area (TPSA) is 40.5 Å². The first-order chi connectivity index (χ1) is 7.22. The van der Waals surface area contributed by atoms with E-state index in [1.807, 2.05) is 0 Å². The first-order valence-corrected chi connectivity index (χ1v) is 6.16. The quantitative estimate of drug-likeness (QED) is 0.762. The lowest BCUT2D eigenvalue weighted by atomic mass is 9.95. The zero-order chi connectivity index (χ0) is 11.1. The highest BCUT2D eigenvalue weighted by Gasteiger charge is 2.16. The molecule has 0 aromatic rings. The number of rotatable bonds is 5. The summed E-state index contributed by atoms with van der Waals surface area (Å²) in [6, 6.07) is 0. The minimum atomic E-state index is -0.648. The molecule has 88 valence electrons. The van der Waals surface area contributed by atoms with E-state index in [0.29, 0.717) is 12.3 Å². The Balaban J connectivity index is 2.23. The largest absolute Gasteiger partial charge is 0.481 e. The Morgan fingerprint density at radius 1 is 1.40 bits per heavy atom. The van der Waals surface area contributed by atoms with Crippen LogP contribution in [-0.4, -0.2) is 35.6 Å². The molecule has 0 spiro atoms. The second kappa shape index (κ2) is 6.83. The molecule has 1 atom stereocenters. The van der Waals surface area contributed by atoms with Crippen molar-refractivity contribution < 1.29 is 9.90 Å². The molecule has 1 saturated heterocycles. The van der Waals surface area contributed by atoms with Gasteiger partial charge in [-0.1, -0.05) is 6.92 Å². The summed E-state index contributed by atoms with van der Waals surface area (Å²) in [5.41, 5.74) is 0. The maximum absolute atomic E-state index is 10.5. The van der Waals surface area contributed by atoms with Gasteiger partial charge in [-0.15, -0.1) is 0 Å². The molecule has 0 aliphatic carbocycles. The van der Waals surface area contributed by atoms with Crippen LogP contribution in [0.25, 0.3) is 0 Å². The highest BCUT2D eigenvalue weighted by molar-refractivity contribution is 5.66. The highest BCUT2D eigenvalue weighted by Crippen LogP contribution is 2.21. The molecule has 3 nitrogen and oxygen atoms in total. The minimum absolute atomic E-state index is 0.346. The van der Waals surface area contributed by atoms with E-state index in [2.05, 4.69) is 11.8 Å². The molecule has 1 unspecified atom stereocenters. The normalized spacial score (nSPS) is 23.7. The Kier molecular flexibility index (Phi) is 5.69. The lowest BCUT2D eigenvalue weighted by Crippen LogP contribution is -2.25. The molecule has 0 radical (unpaired) electrons. The molecule has 0 aromatic carbocycles. The lowest BCUT2D eigenvalue weighted by Gasteiger charge is -2.18. The minimum Gasteiger partial charge on any atom is -0.481 e. The van der Waals surface area contributed by atoms with Crippen molar-refractivity contribution >= 4 is 5.97 Å². The summed E-state index contributed by atoms with van der Waals surface area (Å²) in [5, 5.41) is 8.64. The summed E-state index contributed by atoms with van der Waals surface area (Å²) in [6.07, 6.45) is 6.08. The number of hydrogen-bond acceptors (Lipinski definition) is 2. The van der Waals surface area contributed by atoms with Gasteiger partial charge in [-0.25, -0.2) is 0 Å². The molecule has 1 rings (SSSR count). The van der Waals surface area contributed by atoms with E-state index in [-0.39, 0.29) is 0 Å². The molecule has 0 bridgehead atoms. The second-order valence-corrected chi connectivity index (χ2v) is 4.57. The van der Waals surface area contributed by atoms with E-state index in [4.69, 9.17) is 5.11 Å². The third-order valence-electron chi connectivity index (χ3n) is 3.25. The molecule has 1 heterocycles. The Bertz CT molecular complexity index is 194. The summed E-state index contributed by atoms with van der Waals surface area (Å²) in [7, 11) is 0. The van der Waals surface area contributed by atoms with E-state index < -0.39 is 5.97 Å². The third-order valence-corrected chi connectivity index (χ3v) is 3.25. The molecular weight excluding hydrogens is 190 g/mol. The van der Waals surface area contributed by atoms with Crippen LogP contribution in [0, 0.1) is 5.92 Å². The van der Waals surface area contributed by atoms with Gasteiger partial charge < -0.3 is 10.0 Å². The zero-order valence-corrected chi connectivity index (χ0v) is 9.74. The smallest absolute Gasteiger partial charge is 0.303 e. The van der Waals surface area contributed by atoms with Gasteiger partial charge in [0.25, 0.3) is 0 Å². The van der Waals surface area contributed by atoms with Gasteiger partial charge in [0.15, 0.2) is 0 Å². The number of likely N-dealkylation sites (tertiary alicyclic amines) is 1. The summed E-state index contributed by atoms with van der Waals surface area (Å²) in [5.74, 6) is -0.00684. The Morgan fingerprint density at radius 3 is 2.87 bits per heavy atom. The number of nitrogens with zero attached hydrogens (tertiary/aromatic N) is 1. The van der Waals surface area contributed by atoms with Crippen molar-refractivity contribution in [1.82, 2.24) is 4.90 Å². The van der Waals surface area contributed by atoms with Crippen LogP contribution in [0.2, 0.25) is 0 Å². The Hall–Kier alpha value is -0.570. The number of carbonyl (C=O) groups is 1. The lowest BCUT2D eigenvalue weighted by molar-refractivity contribution is -0.137. The van der Waals surface area contributed by atoms with Crippen molar-refractivity contribution in [3.05, 3.63) is 0 Å². The van der Waals surface area contributed by atoms with E-state index in [1.54, 1.807) is 0 Å². The molecule has 15 heavy (non-hydrogen) atoms. The van der Waals surface area contributed by atoms with Crippen molar-refractivity contribution in [2.75, 3.05) is 19.6 Å². The van der Waals surface area contributed by atoms with Gasteiger partial charge in [0.05, 0.1) is 0 Å². The average molecular weight is 213 g/mol. The van der Waals surface area contributed by atoms with Crippen molar-refractivity contribution in [2.24, 2.45) is 5.92 Å². The fraction of sp³-hybridized carbons (Fsp3) is 0.917. The van der Waals surface area contributed by atoms with Crippen LogP contribution in [-0.2, 0) is 4.79 Å². The first kappa shape index (κ1) is 12.5. The maximum Gasteiger partial charge on any atom is 0.303 e. The molecule has 1 fully saturated rings. The summed E-state index contributed by atoms with van der Waals surface area (Å²) < 4.78 is 0. The van der Waals surface area contributed by atoms with Crippen LogP contribution in [0.1, 0.15) is 45.4 Å². The van der Waals surface area contributed by atoms with Crippen LogP contribution >= 0.6 is 0 Å². The third kappa shape index (κ3) is 5.17. The maximum atomic E-state index is 10.5. The molecule has 1 aliphatic heterocycles. The molecule has 3 heteroatoms. The average Bonchev–Trinajstić information content (AvgIpc) is 2.41. The van der Waals surface area contributed by atoms with Gasteiger partial charge in [0.2, 0.25) is 0 Å². The fourth-order valence-electron chi connectivity index (χ4n) is 2.38. The molecule has 0 saturated carbocycles. The Labute approximate surface area is 92.5 Å². The van der Waals surface area contributed by atoms with Crippen LogP contribution in [0.15, 0.2) is 0 Å². The SMILES string of the molecule is CCCN1CCCC(CCC(=O)O)CC1. The summed E-state index contributed by atoms with van der Waals surface area (Å²) >= 11 is 0. The van der Waals surface area contributed by atoms with E-state index in [9.17, 15) is 4.79 Å². The van der Waals surface area contributed by atoms with Gasteiger partial charge >= 0.3 is 5.97 Å². The van der Waals surface area contributed by atoms with Gasteiger partial charge in [-0.2, -0.15) is 0 Å². The number of carboxylic acids is 1. The van der Waals surface area contributed by atoms with Gasteiger partial charge in [-0.3, -0.25) is 4.79 Å². The van der Waals surface area contributed by atoms with E-state index in [0.717, 1.165) is 13.0 Å². The van der Waals surface area contributed by atoms with Gasteiger partial charge in [0.1, 0.15) is 0 Å². The standard InChI is InChI=1S/C12H23NO2/c1-2-8-13-9-3-4-11(7-10-13)5-6-12(14)15/h11H,2-10H2,1H3,(H,14,15). The van der Waals surface area contributed by atoms with Crippen LogP contribution in [0.3, 0.4) is 0 Å². The van der Waals surface area contributed by atoms with Gasteiger partial charge in [0, 0.05) is 6.42 Å². The summed E-state index contributed by atoms with van der Waals surface area (Å²) in [4.78, 5) is 13.0. The Morgan fingerprint density at radius 2 is 2.20 bits per heavy atom. The van der Waals surface area contributed by atoms with E-state index >= 15 is 0 Å². The van der Waals surface area contributed by atoms with Crippen LogP contribution in [0.5, 0.6) is 0 Å². The zero-order valence-electron chi connectivity index (χ0n) is 9.74. The van der Waals surface area contributed by atoms with Crippen molar-refractivity contribution in [2.45, 2.75) is 45.4 Å². The highest BCUT2D eigenvalue weighted by atomic mass is 16.4. The first-order valence-electron chi connectivity index (χ1n) is 6.16. The summed E-state index contributed by atoms with van der Waals surface area (Å²) in [6.45, 7) is 5.79. The molecular formula is C12H23NO2. The van der Waals surface area contributed by atoms with Crippen LogP contribution < -0.4 is 0 Å². The second-order valence-electron chi connectivity index (χ2n) is 4.57. The molecule has 1 aliphatic rings. The predicted molar refractivity (Wildman–Crippen MR) is 60.9 cm³/mol. The van der Waals surface area contributed by atoms with Crippen molar-refractivity contribution in [3.63, 3.8) is 0 Å². The van der Waals surface area contributed by atoms with E-state index in [1.165, 1.54) is 38.8 Å². The number of hydrogen-bond donors (Lipinski definition) is 1. The van der Waals surface area contributed by atoms with Crippen molar-refractivity contribution in [1.29, 1.82) is 0 Å². The van der Waals surface area contributed by atoms with Crippen molar-refractivity contribution in [3.8, 4) is 0 Å². The molecule has 0 amide bonds. The fourth-order valence-corrected chi connectivity index (χ4v) is 2.38.